The number of hydrogen-bond donors (Lipinski definition) is 1. The molecule has 0 saturated heterocycles. The quantitative estimate of drug-likeness (QED) is 0.723. The zero-order valence-corrected chi connectivity index (χ0v) is 8.57. The minimum absolute atomic E-state index is 0.118. The Morgan fingerprint density at radius 2 is 2.29 bits per heavy atom. The van der Waals surface area contributed by atoms with Crippen LogP contribution in [0.25, 0.3) is 16.8 Å². The normalized spacial score (nSPS) is 10.8. The number of rotatable bonds is 2. The molecule has 0 radical (unpaired) electrons. The number of aromatic nitrogens is 3. The molecule has 6 heteroatoms. The van der Waals surface area contributed by atoms with Crippen molar-refractivity contribution in [3.8, 4) is 5.82 Å². The van der Waals surface area contributed by atoms with Gasteiger partial charge in [0.25, 0.3) is 0 Å². The average molecular weight is 229 g/mol. The van der Waals surface area contributed by atoms with E-state index in [0.717, 1.165) is 5.39 Å². The molecule has 0 bridgehead atoms. The highest BCUT2D eigenvalue weighted by atomic mass is 16.4. The van der Waals surface area contributed by atoms with E-state index in [2.05, 4.69) is 10.1 Å². The fraction of sp³-hybridized carbons (Fsp3) is 0. The Labute approximate surface area is 95.1 Å². The Bertz CT molecular complexity index is 699. The molecule has 84 valence electrons. The second-order valence-electron chi connectivity index (χ2n) is 3.45. The van der Waals surface area contributed by atoms with Crippen LogP contribution in [-0.2, 0) is 0 Å². The van der Waals surface area contributed by atoms with E-state index >= 15 is 0 Å². The third kappa shape index (κ3) is 1.46. The molecule has 0 fully saturated rings. The van der Waals surface area contributed by atoms with Gasteiger partial charge in [-0.2, -0.15) is 5.10 Å². The monoisotopic (exact) mass is 229 g/mol. The summed E-state index contributed by atoms with van der Waals surface area (Å²) in [5.74, 6) is -0.473. The summed E-state index contributed by atoms with van der Waals surface area (Å²) in [7, 11) is 0. The Morgan fingerprint density at radius 1 is 1.41 bits per heavy atom. The van der Waals surface area contributed by atoms with Crippen LogP contribution in [0.3, 0.4) is 0 Å². The van der Waals surface area contributed by atoms with Gasteiger partial charge in [0, 0.05) is 12.4 Å². The van der Waals surface area contributed by atoms with Gasteiger partial charge in [-0.3, -0.25) is 0 Å². The van der Waals surface area contributed by atoms with Crippen molar-refractivity contribution in [1.82, 2.24) is 14.8 Å². The smallest absolute Gasteiger partial charge is 0.338 e. The molecule has 0 aliphatic heterocycles. The van der Waals surface area contributed by atoms with Crippen LogP contribution >= 0.6 is 0 Å². The number of carboxylic acids is 1. The predicted octanol–water partition coefficient (Wildman–Crippen LogP) is 1.71. The van der Waals surface area contributed by atoms with Crippen LogP contribution in [0.2, 0.25) is 0 Å². The van der Waals surface area contributed by atoms with Gasteiger partial charge in [-0.25, -0.2) is 14.5 Å². The topological polar surface area (TPSA) is 81.1 Å². The minimum Gasteiger partial charge on any atom is -0.478 e. The zero-order chi connectivity index (χ0) is 11.8. The highest BCUT2D eigenvalue weighted by Crippen LogP contribution is 2.20. The Hall–Kier alpha value is -2.63. The number of carbonyl (C=O) groups is 1. The number of carboxylic acid groups (broad SMARTS) is 1. The molecule has 3 aromatic heterocycles. The third-order valence-electron chi connectivity index (χ3n) is 2.41. The van der Waals surface area contributed by atoms with Crippen molar-refractivity contribution in [2.75, 3.05) is 0 Å². The number of fused-ring (bicyclic) bond motifs is 1. The molecule has 0 amide bonds. The van der Waals surface area contributed by atoms with Crippen molar-refractivity contribution in [3.05, 3.63) is 42.5 Å². The standard InChI is InChI=1S/C11H7N3O3/c15-11(16)7-5-13-14(6-7)10-8-2-4-17-9(8)1-3-12-10/h1-6H,(H,15,16). The van der Waals surface area contributed by atoms with Crippen LogP contribution in [0, 0.1) is 0 Å². The van der Waals surface area contributed by atoms with Gasteiger partial charge < -0.3 is 9.52 Å². The first-order chi connectivity index (χ1) is 8.25. The van der Waals surface area contributed by atoms with Crippen LogP contribution in [0.15, 0.2) is 41.4 Å². The molecular formula is C11H7N3O3. The van der Waals surface area contributed by atoms with E-state index in [4.69, 9.17) is 9.52 Å². The van der Waals surface area contributed by atoms with Crippen molar-refractivity contribution in [2.45, 2.75) is 0 Å². The molecule has 1 N–H and O–H groups in total. The molecule has 6 nitrogen and oxygen atoms in total. The lowest BCUT2D eigenvalue weighted by Gasteiger charge is -2.00. The van der Waals surface area contributed by atoms with Gasteiger partial charge in [0.15, 0.2) is 5.82 Å². The molecule has 0 unspecified atom stereocenters. The van der Waals surface area contributed by atoms with Gasteiger partial charge in [0.05, 0.1) is 23.4 Å². The van der Waals surface area contributed by atoms with Crippen LogP contribution in [-0.4, -0.2) is 25.8 Å². The third-order valence-corrected chi connectivity index (χ3v) is 2.41. The van der Waals surface area contributed by atoms with Gasteiger partial charge >= 0.3 is 5.97 Å². The predicted molar refractivity (Wildman–Crippen MR) is 58.1 cm³/mol. The van der Waals surface area contributed by atoms with E-state index in [1.165, 1.54) is 17.1 Å². The van der Waals surface area contributed by atoms with E-state index in [9.17, 15) is 4.79 Å². The maximum absolute atomic E-state index is 10.8. The summed E-state index contributed by atoms with van der Waals surface area (Å²) in [5.41, 5.74) is 0.801. The van der Waals surface area contributed by atoms with Crippen molar-refractivity contribution in [3.63, 3.8) is 0 Å². The molecule has 0 aromatic carbocycles. The number of nitrogens with zero attached hydrogens (tertiary/aromatic N) is 3. The van der Waals surface area contributed by atoms with Crippen LogP contribution in [0.5, 0.6) is 0 Å². The minimum atomic E-state index is -1.02. The maximum atomic E-state index is 10.8. The highest BCUT2D eigenvalue weighted by Gasteiger charge is 2.11. The van der Waals surface area contributed by atoms with Crippen LogP contribution in [0.4, 0.5) is 0 Å². The van der Waals surface area contributed by atoms with Crippen molar-refractivity contribution >= 4 is 16.9 Å². The highest BCUT2D eigenvalue weighted by molar-refractivity contribution is 5.88. The molecule has 0 aliphatic carbocycles. The van der Waals surface area contributed by atoms with Gasteiger partial charge in [-0.1, -0.05) is 0 Å². The van der Waals surface area contributed by atoms with Crippen LogP contribution in [0.1, 0.15) is 10.4 Å². The van der Waals surface area contributed by atoms with Crippen molar-refractivity contribution in [2.24, 2.45) is 0 Å². The molecule has 0 spiro atoms. The fourth-order valence-electron chi connectivity index (χ4n) is 1.61. The van der Waals surface area contributed by atoms with Crippen LogP contribution < -0.4 is 0 Å². The van der Waals surface area contributed by atoms with E-state index in [0.29, 0.717) is 11.4 Å². The molecule has 0 aliphatic rings. The van der Waals surface area contributed by atoms with E-state index in [1.54, 1.807) is 24.6 Å². The SMILES string of the molecule is O=C(O)c1cnn(-c2nccc3occc23)c1. The first-order valence-corrected chi connectivity index (χ1v) is 4.86. The lowest BCUT2D eigenvalue weighted by atomic mass is 10.3. The lowest BCUT2D eigenvalue weighted by Crippen LogP contribution is -1.98. The Morgan fingerprint density at radius 3 is 3.06 bits per heavy atom. The van der Waals surface area contributed by atoms with E-state index in [1.807, 2.05) is 0 Å². The van der Waals surface area contributed by atoms with Gasteiger partial charge in [0.2, 0.25) is 0 Å². The van der Waals surface area contributed by atoms with Gasteiger partial charge in [-0.05, 0) is 12.1 Å². The summed E-state index contributed by atoms with van der Waals surface area (Å²) in [6.45, 7) is 0. The fourth-order valence-corrected chi connectivity index (χ4v) is 1.61. The maximum Gasteiger partial charge on any atom is 0.338 e. The summed E-state index contributed by atoms with van der Waals surface area (Å²) in [5, 5.41) is 13.6. The summed E-state index contributed by atoms with van der Waals surface area (Å²) >= 11 is 0. The average Bonchev–Trinajstić information content (AvgIpc) is 2.97. The largest absolute Gasteiger partial charge is 0.478 e. The molecule has 3 heterocycles. The summed E-state index contributed by atoms with van der Waals surface area (Å²) < 4.78 is 6.65. The zero-order valence-electron chi connectivity index (χ0n) is 8.57. The first kappa shape index (κ1) is 9.59. The molecule has 17 heavy (non-hydrogen) atoms. The van der Waals surface area contributed by atoms with Crippen molar-refractivity contribution in [1.29, 1.82) is 0 Å². The van der Waals surface area contributed by atoms with E-state index in [-0.39, 0.29) is 5.56 Å². The van der Waals surface area contributed by atoms with Gasteiger partial charge in [-0.15, -0.1) is 0 Å². The molecule has 3 aromatic rings. The second-order valence-corrected chi connectivity index (χ2v) is 3.45. The Kier molecular flexibility index (Phi) is 1.94. The number of furan rings is 1. The number of aromatic carboxylic acids is 1. The summed E-state index contributed by atoms with van der Waals surface area (Å²) in [6, 6.07) is 3.50. The van der Waals surface area contributed by atoms with Gasteiger partial charge in [0.1, 0.15) is 5.58 Å². The number of hydrogen-bond acceptors (Lipinski definition) is 4. The summed E-state index contributed by atoms with van der Waals surface area (Å²) in [6.07, 6.45) is 5.83. The lowest BCUT2D eigenvalue weighted by molar-refractivity contribution is 0.0697. The molecule has 0 atom stereocenters. The Balaban J connectivity index is 2.19. The molecular weight excluding hydrogens is 222 g/mol. The number of pyridine rings is 1. The van der Waals surface area contributed by atoms with Crippen molar-refractivity contribution < 1.29 is 14.3 Å². The van der Waals surface area contributed by atoms with E-state index < -0.39 is 5.97 Å². The molecule has 0 saturated carbocycles. The first-order valence-electron chi connectivity index (χ1n) is 4.86. The summed E-state index contributed by atoms with van der Waals surface area (Å²) in [4.78, 5) is 14.9. The molecule has 3 rings (SSSR count). The second kappa shape index (κ2) is 3.44.